The second kappa shape index (κ2) is 4.32. The molecule has 0 aromatic carbocycles. The van der Waals surface area contributed by atoms with Crippen LogP contribution in [0.3, 0.4) is 0 Å². The van der Waals surface area contributed by atoms with E-state index in [9.17, 15) is 0 Å². The predicted molar refractivity (Wildman–Crippen MR) is 60.7 cm³/mol. The van der Waals surface area contributed by atoms with Crippen molar-refractivity contribution < 1.29 is 4.74 Å². The van der Waals surface area contributed by atoms with Crippen LogP contribution in [0.4, 0.5) is 5.95 Å². The maximum atomic E-state index is 5.37. The van der Waals surface area contributed by atoms with E-state index in [1.54, 1.807) is 0 Å². The van der Waals surface area contributed by atoms with Gasteiger partial charge in [-0.1, -0.05) is 0 Å². The zero-order valence-corrected chi connectivity index (χ0v) is 9.88. The van der Waals surface area contributed by atoms with Gasteiger partial charge in [-0.3, -0.25) is 4.57 Å². The minimum absolute atomic E-state index is 0.417. The molecule has 84 valence electrons. The van der Waals surface area contributed by atoms with E-state index in [1.165, 1.54) is 0 Å². The van der Waals surface area contributed by atoms with Crippen LogP contribution in [0.15, 0.2) is 0 Å². The predicted octanol–water partition coefficient (Wildman–Crippen LogP) is 1.19. The number of nitrogens with zero attached hydrogens (tertiary/aromatic N) is 3. The topological polar surface area (TPSA) is 46.1 Å². The molecule has 0 aliphatic carbocycles. The Bertz CT molecular complexity index is 380. The van der Waals surface area contributed by atoms with Crippen LogP contribution in [0.25, 0.3) is 0 Å². The van der Waals surface area contributed by atoms with Gasteiger partial charge >= 0.3 is 0 Å². The molecule has 5 nitrogen and oxygen atoms in total. The Morgan fingerprint density at radius 1 is 1.73 bits per heavy atom. The molecule has 1 aliphatic heterocycles. The summed E-state index contributed by atoms with van der Waals surface area (Å²) in [5.74, 6) is 0.901. The van der Waals surface area contributed by atoms with E-state index in [-0.39, 0.29) is 0 Å². The van der Waals surface area contributed by atoms with Gasteiger partial charge in [0, 0.05) is 20.2 Å². The lowest BCUT2D eigenvalue weighted by Gasteiger charge is -2.23. The fourth-order valence-electron chi connectivity index (χ4n) is 1.85. The molecule has 0 spiro atoms. The number of aromatic nitrogens is 3. The summed E-state index contributed by atoms with van der Waals surface area (Å²) in [6, 6.07) is 0.417. The molecule has 1 aromatic heterocycles. The quantitative estimate of drug-likeness (QED) is 0.789. The molecule has 15 heavy (non-hydrogen) atoms. The number of likely N-dealkylation sites (N-methyl/N-ethyl adjacent to an activating group) is 1. The monoisotopic (exact) mass is 228 g/mol. The Hall–Kier alpha value is -0.880. The molecule has 0 radical (unpaired) electrons. The van der Waals surface area contributed by atoms with E-state index in [0.29, 0.717) is 10.8 Å². The minimum atomic E-state index is 0.417. The molecular weight excluding hydrogens is 212 g/mol. The van der Waals surface area contributed by atoms with E-state index < -0.39 is 0 Å². The SMILES string of the molecule is CCn1c(N(C)C2CCOC2)n[nH]c1=S. The second-order valence-electron chi connectivity index (χ2n) is 3.70. The van der Waals surface area contributed by atoms with Crippen molar-refractivity contribution in [2.45, 2.75) is 25.9 Å². The molecule has 1 saturated heterocycles. The molecule has 1 N–H and O–H groups in total. The number of nitrogens with one attached hydrogen (secondary N) is 1. The van der Waals surface area contributed by atoms with Crippen molar-refractivity contribution in [1.29, 1.82) is 0 Å². The summed E-state index contributed by atoms with van der Waals surface area (Å²) in [6.45, 7) is 4.52. The summed E-state index contributed by atoms with van der Waals surface area (Å²) >= 11 is 5.15. The first-order chi connectivity index (χ1) is 7.24. The summed E-state index contributed by atoms with van der Waals surface area (Å²) in [6.07, 6.45) is 1.06. The van der Waals surface area contributed by atoms with Gasteiger partial charge in [0.1, 0.15) is 0 Å². The number of aromatic amines is 1. The van der Waals surface area contributed by atoms with Gasteiger partial charge in [-0.05, 0) is 25.6 Å². The first-order valence-electron chi connectivity index (χ1n) is 5.19. The van der Waals surface area contributed by atoms with Gasteiger partial charge in [-0.2, -0.15) is 0 Å². The summed E-state index contributed by atoms with van der Waals surface area (Å²) in [5.41, 5.74) is 0. The third-order valence-corrected chi connectivity index (χ3v) is 3.13. The van der Waals surface area contributed by atoms with Crippen molar-refractivity contribution in [3.05, 3.63) is 4.77 Å². The number of anilines is 1. The molecule has 1 aliphatic rings. The average Bonchev–Trinajstić information content (AvgIpc) is 2.85. The smallest absolute Gasteiger partial charge is 0.225 e. The molecule has 1 aromatic rings. The minimum Gasteiger partial charge on any atom is -0.379 e. The molecule has 1 unspecified atom stereocenters. The highest BCUT2D eigenvalue weighted by Gasteiger charge is 2.23. The van der Waals surface area contributed by atoms with Crippen LogP contribution in [-0.4, -0.2) is 41.1 Å². The maximum Gasteiger partial charge on any atom is 0.225 e. The first kappa shape index (κ1) is 10.6. The van der Waals surface area contributed by atoms with Crippen molar-refractivity contribution in [3.8, 4) is 0 Å². The Morgan fingerprint density at radius 2 is 2.53 bits per heavy atom. The highest BCUT2D eigenvalue weighted by Crippen LogP contribution is 2.17. The number of hydrogen-bond donors (Lipinski definition) is 1. The van der Waals surface area contributed by atoms with Gasteiger partial charge in [0.25, 0.3) is 0 Å². The number of hydrogen-bond acceptors (Lipinski definition) is 4. The van der Waals surface area contributed by atoms with Gasteiger partial charge in [0.05, 0.1) is 12.6 Å². The van der Waals surface area contributed by atoms with Crippen LogP contribution in [0.1, 0.15) is 13.3 Å². The maximum absolute atomic E-state index is 5.37. The molecule has 2 rings (SSSR count). The fraction of sp³-hybridized carbons (Fsp3) is 0.778. The number of rotatable bonds is 3. The van der Waals surface area contributed by atoms with Crippen molar-refractivity contribution in [3.63, 3.8) is 0 Å². The lowest BCUT2D eigenvalue weighted by atomic mass is 10.2. The van der Waals surface area contributed by atoms with E-state index in [2.05, 4.69) is 22.0 Å². The number of ether oxygens (including phenoxy) is 1. The van der Waals surface area contributed by atoms with E-state index >= 15 is 0 Å². The molecule has 0 saturated carbocycles. The van der Waals surface area contributed by atoms with Crippen molar-refractivity contribution >= 4 is 18.2 Å². The third-order valence-electron chi connectivity index (χ3n) is 2.82. The van der Waals surface area contributed by atoms with Crippen LogP contribution in [-0.2, 0) is 11.3 Å². The zero-order chi connectivity index (χ0) is 10.8. The lowest BCUT2D eigenvalue weighted by molar-refractivity contribution is 0.193. The van der Waals surface area contributed by atoms with Crippen LogP contribution >= 0.6 is 12.2 Å². The standard InChI is InChI=1S/C9H16N4OS/c1-3-13-8(10-11-9(13)15)12(2)7-4-5-14-6-7/h7H,3-6H2,1-2H3,(H,11,15). The van der Waals surface area contributed by atoms with Gasteiger partial charge in [-0.15, -0.1) is 5.10 Å². The van der Waals surface area contributed by atoms with Crippen LogP contribution in [0.5, 0.6) is 0 Å². The van der Waals surface area contributed by atoms with Gasteiger partial charge in [0.2, 0.25) is 5.95 Å². The summed E-state index contributed by atoms with van der Waals surface area (Å²) in [5, 5.41) is 7.07. The van der Waals surface area contributed by atoms with E-state index in [0.717, 1.165) is 32.1 Å². The Kier molecular flexibility index (Phi) is 3.06. The van der Waals surface area contributed by atoms with E-state index in [4.69, 9.17) is 17.0 Å². The van der Waals surface area contributed by atoms with E-state index in [1.807, 2.05) is 11.6 Å². The fourth-order valence-corrected chi connectivity index (χ4v) is 2.11. The van der Waals surface area contributed by atoms with Gasteiger partial charge in [0.15, 0.2) is 4.77 Å². The van der Waals surface area contributed by atoms with Gasteiger partial charge < -0.3 is 9.64 Å². The van der Waals surface area contributed by atoms with Crippen LogP contribution < -0.4 is 4.90 Å². The third kappa shape index (κ3) is 1.91. The Balaban J connectivity index is 2.24. The molecule has 2 heterocycles. The highest BCUT2D eigenvalue weighted by molar-refractivity contribution is 7.71. The average molecular weight is 228 g/mol. The van der Waals surface area contributed by atoms with Crippen molar-refractivity contribution in [2.75, 3.05) is 25.2 Å². The normalized spacial score (nSPS) is 20.8. The zero-order valence-electron chi connectivity index (χ0n) is 9.06. The largest absolute Gasteiger partial charge is 0.379 e. The molecule has 6 heteroatoms. The molecule has 0 bridgehead atoms. The Morgan fingerprint density at radius 3 is 3.13 bits per heavy atom. The highest BCUT2D eigenvalue weighted by atomic mass is 32.1. The molecule has 0 amide bonds. The second-order valence-corrected chi connectivity index (χ2v) is 4.09. The summed E-state index contributed by atoms with van der Waals surface area (Å²) < 4.78 is 8.04. The molecular formula is C9H16N4OS. The van der Waals surface area contributed by atoms with Crippen LogP contribution in [0, 0.1) is 4.77 Å². The molecule has 1 fully saturated rings. The number of H-pyrrole nitrogens is 1. The Labute approximate surface area is 94.0 Å². The summed E-state index contributed by atoms with van der Waals surface area (Å²) in [4.78, 5) is 2.14. The molecule has 1 atom stereocenters. The summed E-state index contributed by atoms with van der Waals surface area (Å²) in [7, 11) is 2.04. The van der Waals surface area contributed by atoms with Crippen molar-refractivity contribution in [1.82, 2.24) is 14.8 Å². The van der Waals surface area contributed by atoms with Crippen molar-refractivity contribution in [2.24, 2.45) is 0 Å². The first-order valence-corrected chi connectivity index (χ1v) is 5.60. The lowest BCUT2D eigenvalue weighted by Crippen LogP contribution is -2.34. The van der Waals surface area contributed by atoms with Crippen LogP contribution in [0.2, 0.25) is 0 Å². The van der Waals surface area contributed by atoms with Gasteiger partial charge in [-0.25, -0.2) is 5.10 Å².